The Kier molecular flexibility index (Phi) is 8.37. The fraction of sp³-hybridized carbons (Fsp3) is 0.300. The van der Waals surface area contributed by atoms with Crippen molar-refractivity contribution in [1.29, 1.82) is 0 Å². The van der Waals surface area contributed by atoms with E-state index in [2.05, 4.69) is 24.9 Å². The number of rotatable bonds is 6. The van der Waals surface area contributed by atoms with E-state index < -0.39 is 0 Å². The molecule has 0 aliphatic carbocycles. The second-order valence-electron chi connectivity index (χ2n) is 4.84. The molecule has 0 aromatic heterocycles. The highest BCUT2D eigenvalue weighted by atomic mass is 16.5. The van der Waals surface area contributed by atoms with Crippen LogP contribution in [0.1, 0.15) is 33.6 Å². The number of anilines is 1. The molecule has 1 aromatic rings. The Hall–Kier alpha value is -2.42. The number of hydrogen-bond acceptors (Lipinski definition) is 3. The third kappa shape index (κ3) is 5.70. The first kappa shape index (κ1) is 18.6. The van der Waals surface area contributed by atoms with Gasteiger partial charge in [0.1, 0.15) is 5.75 Å². The minimum atomic E-state index is -0.177. The van der Waals surface area contributed by atoms with E-state index >= 15 is 0 Å². The van der Waals surface area contributed by atoms with Gasteiger partial charge in [0.15, 0.2) is 6.23 Å². The molecule has 1 atom stereocenters. The van der Waals surface area contributed by atoms with Gasteiger partial charge in [-0.15, -0.1) is 0 Å². The predicted octanol–water partition coefficient (Wildman–Crippen LogP) is 5.15. The summed E-state index contributed by atoms with van der Waals surface area (Å²) in [5.41, 5.74) is 8.94. The van der Waals surface area contributed by atoms with Crippen LogP contribution in [0.15, 0.2) is 72.5 Å². The number of allylic oxidation sites excluding steroid dienone is 4. The van der Waals surface area contributed by atoms with Crippen LogP contribution in [0.4, 0.5) is 5.69 Å². The summed E-state index contributed by atoms with van der Waals surface area (Å²) in [6.45, 7) is 9.75. The van der Waals surface area contributed by atoms with E-state index in [1.165, 1.54) is 0 Å². The first-order valence-corrected chi connectivity index (χ1v) is 8.20. The van der Waals surface area contributed by atoms with Gasteiger partial charge in [-0.1, -0.05) is 63.8 Å². The van der Waals surface area contributed by atoms with Gasteiger partial charge in [0.25, 0.3) is 0 Å². The van der Waals surface area contributed by atoms with Gasteiger partial charge < -0.3 is 15.8 Å². The molecule has 0 saturated heterocycles. The number of nitrogens with two attached hydrogens (primary N) is 1. The van der Waals surface area contributed by atoms with Gasteiger partial charge in [-0.05, 0) is 24.6 Å². The SMILES string of the molecule is C=C/C=C\C/C(N)=C/C(=C\CC)C1Nc2ccccc2O1.CC. The van der Waals surface area contributed by atoms with Crippen LogP contribution >= 0.6 is 0 Å². The van der Waals surface area contributed by atoms with Crippen LogP contribution in [-0.2, 0) is 0 Å². The molecule has 1 aromatic carbocycles. The second kappa shape index (κ2) is 10.3. The fourth-order valence-electron chi connectivity index (χ4n) is 2.19. The first-order valence-electron chi connectivity index (χ1n) is 8.20. The molecule has 0 bridgehead atoms. The summed E-state index contributed by atoms with van der Waals surface area (Å²) >= 11 is 0. The van der Waals surface area contributed by atoms with Crippen LogP contribution in [0.2, 0.25) is 0 Å². The standard InChI is InChI=1S/C18H22N2O.C2H6/c1-3-5-6-10-15(19)13-14(9-4-2)18-20-16-11-7-8-12-17(16)21-18;1-2/h3,5-9,11-13,18,20H,1,4,10,19H2,2H3;1-2H3/b6-5-,14-9+,15-13-;. The molecule has 1 aliphatic rings. The normalized spacial score (nSPS) is 16.9. The molecule has 3 heteroatoms. The van der Waals surface area contributed by atoms with Crippen molar-refractivity contribution in [2.75, 3.05) is 5.32 Å². The Balaban J connectivity index is 0.00000127. The fourth-order valence-corrected chi connectivity index (χ4v) is 2.19. The molecule has 0 fully saturated rings. The lowest BCUT2D eigenvalue weighted by atomic mass is 10.1. The number of nitrogens with one attached hydrogen (secondary N) is 1. The average Bonchev–Trinajstić information content (AvgIpc) is 3.00. The van der Waals surface area contributed by atoms with Crippen molar-refractivity contribution in [3.05, 3.63) is 72.5 Å². The van der Waals surface area contributed by atoms with Crippen molar-refractivity contribution in [2.45, 2.75) is 39.8 Å². The molecule has 23 heavy (non-hydrogen) atoms. The largest absolute Gasteiger partial charge is 0.464 e. The van der Waals surface area contributed by atoms with Gasteiger partial charge in [0, 0.05) is 17.7 Å². The van der Waals surface area contributed by atoms with Crippen molar-refractivity contribution >= 4 is 5.69 Å². The maximum absolute atomic E-state index is 6.07. The van der Waals surface area contributed by atoms with Gasteiger partial charge >= 0.3 is 0 Å². The number of fused-ring (bicyclic) bond motifs is 1. The third-order valence-corrected chi connectivity index (χ3v) is 3.14. The zero-order valence-electron chi connectivity index (χ0n) is 14.4. The molecule has 0 radical (unpaired) electrons. The molecule has 1 aliphatic heterocycles. The van der Waals surface area contributed by atoms with Gasteiger partial charge in [0.2, 0.25) is 0 Å². The predicted molar refractivity (Wildman–Crippen MR) is 100 cm³/mol. The summed E-state index contributed by atoms with van der Waals surface area (Å²) in [6.07, 6.45) is 11.2. The minimum Gasteiger partial charge on any atom is -0.464 e. The molecule has 124 valence electrons. The van der Waals surface area contributed by atoms with E-state index in [4.69, 9.17) is 10.5 Å². The van der Waals surface area contributed by atoms with Gasteiger partial charge in [0.05, 0.1) is 5.69 Å². The van der Waals surface area contributed by atoms with Gasteiger partial charge in [-0.3, -0.25) is 0 Å². The minimum absolute atomic E-state index is 0.177. The summed E-state index contributed by atoms with van der Waals surface area (Å²) in [5, 5.41) is 3.37. The quantitative estimate of drug-likeness (QED) is 0.714. The van der Waals surface area contributed by atoms with Crippen molar-refractivity contribution in [3.63, 3.8) is 0 Å². The van der Waals surface area contributed by atoms with Gasteiger partial charge in [-0.2, -0.15) is 0 Å². The molecule has 0 amide bonds. The average molecular weight is 312 g/mol. The van der Waals surface area contributed by atoms with Crippen molar-refractivity contribution in [3.8, 4) is 5.75 Å². The molecule has 1 unspecified atom stereocenters. The van der Waals surface area contributed by atoms with Crippen LogP contribution in [-0.4, -0.2) is 6.23 Å². The van der Waals surface area contributed by atoms with Gasteiger partial charge in [-0.25, -0.2) is 0 Å². The van der Waals surface area contributed by atoms with Crippen molar-refractivity contribution < 1.29 is 4.74 Å². The highest BCUT2D eigenvalue weighted by Gasteiger charge is 2.23. The lowest BCUT2D eigenvalue weighted by Crippen LogP contribution is -2.22. The Labute approximate surface area is 140 Å². The zero-order chi connectivity index (χ0) is 17.1. The molecular formula is C20H28N2O. The van der Waals surface area contributed by atoms with E-state index in [9.17, 15) is 0 Å². The van der Waals surface area contributed by atoms with Crippen LogP contribution < -0.4 is 15.8 Å². The van der Waals surface area contributed by atoms with Crippen molar-refractivity contribution in [2.24, 2.45) is 5.73 Å². The van der Waals surface area contributed by atoms with E-state index in [-0.39, 0.29) is 6.23 Å². The Bertz CT molecular complexity index is 560. The lowest BCUT2D eigenvalue weighted by Gasteiger charge is -2.13. The van der Waals surface area contributed by atoms with Crippen LogP contribution in [0, 0.1) is 0 Å². The molecule has 0 spiro atoms. The maximum Gasteiger partial charge on any atom is 0.196 e. The summed E-state index contributed by atoms with van der Waals surface area (Å²) in [4.78, 5) is 0. The molecular weight excluding hydrogens is 284 g/mol. The number of para-hydroxylation sites is 2. The second-order valence-corrected chi connectivity index (χ2v) is 4.84. The Morgan fingerprint density at radius 1 is 1.35 bits per heavy atom. The van der Waals surface area contributed by atoms with Crippen LogP contribution in [0.3, 0.4) is 0 Å². The first-order chi connectivity index (χ1) is 11.2. The summed E-state index contributed by atoms with van der Waals surface area (Å²) in [6, 6.07) is 7.94. The number of hydrogen-bond donors (Lipinski definition) is 2. The topological polar surface area (TPSA) is 47.3 Å². The highest BCUT2D eigenvalue weighted by Crippen LogP contribution is 2.33. The van der Waals surface area contributed by atoms with Crippen LogP contribution in [0.5, 0.6) is 5.75 Å². The number of ether oxygens (including phenoxy) is 1. The Morgan fingerprint density at radius 3 is 2.74 bits per heavy atom. The highest BCUT2D eigenvalue weighted by molar-refractivity contribution is 5.61. The van der Waals surface area contributed by atoms with E-state index in [0.717, 1.165) is 29.1 Å². The zero-order valence-corrected chi connectivity index (χ0v) is 14.4. The molecule has 0 saturated carbocycles. The molecule has 2 rings (SSSR count). The monoisotopic (exact) mass is 312 g/mol. The van der Waals surface area contributed by atoms with Crippen molar-refractivity contribution in [1.82, 2.24) is 0 Å². The molecule has 1 heterocycles. The molecule has 3 nitrogen and oxygen atoms in total. The summed E-state index contributed by atoms with van der Waals surface area (Å²) in [7, 11) is 0. The molecule has 3 N–H and O–H groups in total. The van der Waals surface area contributed by atoms with Crippen LogP contribution in [0.25, 0.3) is 0 Å². The summed E-state index contributed by atoms with van der Waals surface area (Å²) in [5.74, 6) is 0.878. The van der Waals surface area contributed by atoms with E-state index in [0.29, 0.717) is 6.42 Å². The Morgan fingerprint density at radius 2 is 2.09 bits per heavy atom. The summed E-state index contributed by atoms with van der Waals surface area (Å²) < 4.78 is 5.93. The maximum atomic E-state index is 6.07. The smallest absolute Gasteiger partial charge is 0.196 e. The number of benzene rings is 1. The van der Waals surface area contributed by atoms with E-state index in [1.807, 2.05) is 56.3 Å². The third-order valence-electron chi connectivity index (χ3n) is 3.14. The lowest BCUT2D eigenvalue weighted by molar-refractivity contribution is 0.293. The van der Waals surface area contributed by atoms with E-state index in [1.54, 1.807) is 6.08 Å².